The molecule has 0 aliphatic heterocycles. The van der Waals surface area contributed by atoms with Gasteiger partial charge in [0.05, 0.1) is 0 Å². The largest absolute Gasteiger partial charge is 0.370 e. The van der Waals surface area contributed by atoms with Gasteiger partial charge in [0.1, 0.15) is 0 Å². The molecule has 104 valence electrons. The summed E-state index contributed by atoms with van der Waals surface area (Å²) < 4.78 is 0. The molecular formula is C13H20N4O2. The highest BCUT2D eigenvalue weighted by molar-refractivity contribution is 5.87. The summed E-state index contributed by atoms with van der Waals surface area (Å²) in [4.78, 5) is 21.5. The van der Waals surface area contributed by atoms with Crippen LogP contribution in [0.3, 0.4) is 0 Å². The summed E-state index contributed by atoms with van der Waals surface area (Å²) in [5.74, 6) is -0.326. The van der Waals surface area contributed by atoms with E-state index in [-0.39, 0.29) is 18.0 Å². The van der Waals surface area contributed by atoms with Gasteiger partial charge in [-0.3, -0.25) is 4.79 Å². The monoisotopic (exact) mass is 264 g/mol. The minimum Gasteiger partial charge on any atom is -0.370 e. The first-order valence-corrected chi connectivity index (χ1v) is 6.09. The summed E-state index contributed by atoms with van der Waals surface area (Å²) in [7, 11) is 0. The van der Waals surface area contributed by atoms with Gasteiger partial charge in [0.15, 0.2) is 0 Å². The van der Waals surface area contributed by atoms with Crippen molar-refractivity contribution in [2.75, 3.05) is 5.32 Å². The Labute approximate surface area is 112 Å². The van der Waals surface area contributed by atoms with E-state index in [9.17, 15) is 9.59 Å². The molecule has 2 atom stereocenters. The van der Waals surface area contributed by atoms with Crippen LogP contribution in [0.2, 0.25) is 0 Å². The summed E-state index contributed by atoms with van der Waals surface area (Å²) >= 11 is 0. The molecule has 0 aliphatic carbocycles. The Morgan fingerprint density at radius 2 is 1.74 bits per heavy atom. The first-order chi connectivity index (χ1) is 8.88. The predicted molar refractivity (Wildman–Crippen MR) is 74.5 cm³/mol. The van der Waals surface area contributed by atoms with Crippen LogP contribution in [-0.4, -0.2) is 18.0 Å². The normalized spacial score (nSPS) is 13.6. The molecule has 6 N–H and O–H groups in total. The molecule has 1 aromatic carbocycles. The second-order valence-corrected chi connectivity index (χ2v) is 4.57. The fourth-order valence-corrected chi connectivity index (χ4v) is 1.88. The molecule has 0 radical (unpaired) electrons. The fourth-order valence-electron chi connectivity index (χ4n) is 1.88. The number of hydrogen-bond acceptors (Lipinski definition) is 3. The number of nitrogens with one attached hydrogen (secondary N) is 2. The van der Waals surface area contributed by atoms with E-state index in [2.05, 4.69) is 10.6 Å². The summed E-state index contributed by atoms with van der Waals surface area (Å²) in [6.07, 6.45) is 0.297. The molecule has 6 nitrogen and oxygen atoms in total. The molecule has 19 heavy (non-hydrogen) atoms. The molecule has 6 heteroatoms. The number of carbonyl (C=O) groups excluding carboxylic acids is 2. The number of benzene rings is 1. The molecule has 0 spiro atoms. The van der Waals surface area contributed by atoms with Crippen molar-refractivity contribution in [2.45, 2.75) is 32.4 Å². The number of carbonyl (C=O) groups is 2. The van der Waals surface area contributed by atoms with E-state index in [4.69, 9.17) is 11.5 Å². The zero-order chi connectivity index (χ0) is 14.4. The zero-order valence-electron chi connectivity index (χ0n) is 11.1. The van der Waals surface area contributed by atoms with Crippen molar-refractivity contribution in [3.8, 4) is 0 Å². The van der Waals surface area contributed by atoms with Gasteiger partial charge in [-0.2, -0.15) is 0 Å². The smallest absolute Gasteiger partial charge is 0.316 e. The zero-order valence-corrected chi connectivity index (χ0v) is 11.1. The van der Waals surface area contributed by atoms with Crippen molar-refractivity contribution in [3.05, 3.63) is 29.8 Å². The Balaban J connectivity index is 2.59. The van der Waals surface area contributed by atoms with E-state index in [1.54, 1.807) is 12.1 Å². The number of rotatable bonds is 6. The third kappa shape index (κ3) is 5.39. The molecule has 0 aliphatic rings. The highest BCUT2D eigenvalue weighted by atomic mass is 16.2. The first-order valence-electron chi connectivity index (χ1n) is 6.09. The van der Waals surface area contributed by atoms with Crippen LogP contribution in [0.4, 0.5) is 10.5 Å². The lowest BCUT2D eigenvalue weighted by Crippen LogP contribution is -2.32. The van der Waals surface area contributed by atoms with E-state index in [0.29, 0.717) is 12.1 Å². The maximum atomic E-state index is 10.8. The number of nitrogens with two attached hydrogens (primary N) is 2. The number of primary amides is 2. The molecule has 1 rings (SSSR count). The molecule has 0 saturated carbocycles. The van der Waals surface area contributed by atoms with Crippen LogP contribution >= 0.6 is 0 Å². The van der Waals surface area contributed by atoms with Crippen molar-refractivity contribution in [1.82, 2.24) is 5.32 Å². The third-order valence-electron chi connectivity index (χ3n) is 2.72. The SMILES string of the molecule is CC(CC(N)=O)NC(C)c1ccc(NC(N)=O)cc1. The molecule has 0 saturated heterocycles. The Kier molecular flexibility index (Phi) is 5.32. The summed E-state index contributed by atoms with van der Waals surface area (Å²) in [6.45, 7) is 3.90. The lowest BCUT2D eigenvalue weighted by Gasteiger charge is -2.19. The number of hydrogen-bond donors (Lipinski definition) is 4. The van der Waals surface area contributed by atoms with Gasteiger partial charge in [-0.1, -0.05) is 12.1 Å². The van der Waals surface area contributed by atoms with Crippen molar-refractivity contribution in [3.63, 3.8) is 0 Å². The van der Waals surface area contributed by atoms with E-state index in [1.165, 1.54) is 0 Å². The van der Waals surface area contributed by atoms with Crippen molar-refractivity contribution in [2.24, 2.45) is 11.5 Å². The molecule has 1 aromatic rings. The van der Waals surface area contributed by atoms with Crippen LogP contribution < -0.4 is 22.1 Å². The summed E-state index contributed by atoms with van der Waals surface area (Å²) in [5.41, 5.74) is 11.9. The average molecular weight is 264 g/mol. The van der Waals surface area contributed by atoms with Crippen molar-refractivity contribution >= 4 is 17.6 Å². The molecule has 3 amide bonds. The highest BCUT2D eigenvalue weighted by Gasteiger charge is 2.11. The van der Waals surface area contributed by atoms with Gasteiger partial charge < -0.3 is 22.1 Å². The summed E-state index contributed by atoms with van der Waals surface area (Å²) in [5, 5.41) is 5.77. The van der Waals surface area contributed by atoms with Crippen LogP contribution in [0.15, 0.2) is 24.3 Å². The third-order valence-corrected chi connectivity index (χ3v) is 2.72. The van der Waals surface area contributed by atoms with Gasteiger partial charge in [-0.15, -0.1) is 0 Å². The Hall–Kier alpha value is -2.08. The summed E-state index contributed by atoms with van der Waals surface area (Å²) in [6, 6.07) is 6.83. The van der Waals surface area contributed by atoms with E-state index < -0.39 is 6.03 Å². The maximum absolute atomic E-state index is 10.8. The number of urea groups is 1. The van der Waals surface area contributed by atoms with Crippen LogP contribution in [0.25, 0.3) is 0 Å². The van der Waals surface area contributed by atoms with Gasteiger partial charge in [-0.25, -0.2) is 4.79 Å². The van der Waals surface area contributed by atoms with E-state index in [0.717, 1.165) is 5.56 Å². The lowest BCUT2D eigenvalue weighted by atomic mass is 10.1. The second kappa shape index (κ2) is 6.75. The molecule has 0 fully saturated rings. The van der Waals surface area contributed by atoms with Gasteiger partial charge >= 0.3 is 6.03 Å². The average Bonchev–Trinajstić information content (AvgIpc) is 2.27. The molecular weight excluding hydrogens is 244 g/mol. The van der Waals surface area contributed by atoms with Crippen LogP contribution in [0.1, 0.15) is 31.9 Å². The first kappa shape index (κ1) is 15.0. The molecule has 2 unspecified atom stereocenters. The van der Waals surface area contributed by atoms with Gasteiger partial charge in [0.2, 0.25) is 5.91 Å². The number of amides is 3. The quantitative estimate of drug-likeness (QED) is 0.617. The van der Waals surface area contributed by atoms with E-state index >= 15 is 0 Å². The molecule has 0 heterocycles. The van der Waals surface area contributed by atoms with Crippen molar-refractivity contribution < 1.29 is 9.59 Å². The predicted octanol–water partition coefficient (Wildman–Crippen LogP) is 1.09. The Morgan fingerprint density at radius 3 is 2.21 bits per heavy atom. The Morgan fingerprint density at radius 1 is 1.16 bits per heavy atom. The van der Waals surface area contributed by atoms with Crippen LogP contribution in [0.5, 0.6) is 0 Å². The topological polar surface area (TPSA) is 110 Å². The number of anilines is 1. The standard InChI is InChI=1S/C13H20N4O2/c1-8(7-12(14)18)16-9(2)10-3-5-11(6-4-10)17-13(15)19/h3-6,8-9,16H,7H2,1-2H3,(H2,14,18)(H3,15,17,19). The van der Waals surface area contributed by atoms with E-state index in [1.807, 2.05) is 26.0 Å². The lowest BCUT2D eigenvalue weighted by molar-refractivity contribution is -0.118. The molecule has 0 aromatic heterocycles. The second-order valence-electron chi connectivity index (χ2n) is 4.57. The maximum Gasteiger partial charge on any atom is 0.316 e. The Bertz CT molecular complexity index is 444. The minimum atomic E-state index is -0.589. The van der Waals surface area contributed by atoms with Crippen LogP contribution in [-0.2, 0) is 4.79 Å². The van der Waals surface area contributed by atoms with Crippen molar-refractivity contribution in [1.29, 1.82) is 0 Å². The minimum absolute atomic E-state index is 0.0101. The van der Waals surface area contributed by atoms with Gasteiger partial charge in [0, 0.05) is 24.2 Å². The highest BCUT2D eigenvalue weighted by Crippen LogP contribution is 2.16. The fraction of sp³-hybridized carbons (Fsp3) is 0.385. The van der Waals surface area contributed by atoms with Crippen LogP contribution in [0, 0.1) is 0 Å². The van der Waals surface area contributed by atoms with Gasteiger partial charge in [0.25, 0.3) is 0 Å². The molecule has 0 bridgehead atoms. The van der Waals surface area contributed by atoms with Gasteiger partial charge in [-0.05, 0) is 31.5 Å².